The molecule has 1 aliphatic heterocycles. The number of nitrogens with zero attached hydrogens (tertiary/aromatic N) is 1. The van der Waals surface area contributed by atoms with Gasteiger partial charge in [-0.1, -0.05) is 42.5 Å². The molecule has 1 aliphatic rings. The van der Waals surface area contributed by atoms with Crippen molar-refractivity contribution in [3.8, 4) is 5.75 Å². The van der Waals surface area contributed by atoms with Crippen LogP contribution >= 0.6 is 0 Å². The van der Waals surface area contributed by atoms with Gasteiger partial charge in [0, 0.05) is 13.1 Å². The van der Waals surface area contributed by atoms with Crippen molar-refractivity contribution >= 4 is 5.91 Å². The van der Waals surface area contributed by atoms with E-state index in [1.165, 1.54) is 11.1 Å². The summed E-state index contributed by atoms with van der Waals surface area (Å²) < 4.78 is 5.72. The predicted molar refractivity (Wildman–Crippen MR) is 90.1 cm³/mol. The molecule has 2 aromatic carbocycles. The number of carbonyl (C=O) groups is 1. The second-order valence-electron chi connectivity index (χ2n) is 5.88. The van der Waals surface area contributed by atoms with Gasteiger partial charge in [-0.05, 0) is 36.1 Å². The van der Waals surface area contributed by atoms with E-state index < -0.39 is 0 Å². The highest BCUT2D eigenvalue weighted by atomic mass is 16.5. The van der Waals surface area contributed by atoms with Gasteiger partial charge < -0.3 is 10.5 Å². The first kappa shape index (κ1) is 15.6. The van der Waals surface area contributed by atoms with Crippen molar-refractivity contribution in [1.82, 2.24) is 4.90 Å². The quantitative estimate of drug-likeness (QED) is 0.833. The monoisotopic (exact) mass is 310 g/mol. The summed E-state index contributed by atoms with van der Waals surface area (Å²) in [5, 5.41) is 0. The van der Waals surface area contributed by atoms with E-state index >= 15 is 0 Å². The maximum Gasteiger partial charge on any atom is 0.235 e. The Morgan fingerprint density at radius 1 is 1.09 bits per heavy atom. The fourth-order valence-electron chi connectivity index (χ4n) is 3.07. The van der Waals surface area contributed by atoms with Crippen molar-refractivity contribution in [3.63, 3.8) is 0 Å². The Hall–Kier alpha value is -2.33. The Bertz CT molecular complexity index is 657. The number of carbonyl (C=O) groups excluding carboxylic acids is 1. The van der Waals surface area contributed by atoms with Gasteiger partial charge >= 0.3 is 0 Å². The standard InChI is InChI=1S/C19H22N2O2/c20-19(22)18-13-15-7-4-5-8-16(15)14-21(18)11-6-12-23-17-9-2-1-3-10-17/h1-5,7-10,18H,6,11-14H2,(H2,20,22). The van der Waals surface area contributed by atoms with Gasteiger partial charge in [-0.25, -0.2) is 0 Å². The van der Waals surface area contributed by atoms with Crippen LogP contribution in [0.3, 0.4) is 0 Å². The molecule has 1 heterocycles. The zero-order valence-electron chi connectivity index (χ0n) is 13.2. The van der Waals surface area contributed by atoms with Gasteiger partial charge in [0.2, 0.25) is 5.91 Å². The van der Waals surface area contributed by atoms with E-state index in [4.69, 9.17) is 10.5 Å². The van der Waals surface area contributed by atoms with Gasteiger partial charge in [-0.3, -0.25) is 9.69 Å². The third-order valence-corrected chi connectivity index (χ3v) is 4.28. The van der Waals surface area contributed by atoms with Gasteiger partial charge in [0.05, 0.1) is 12.6 Å². The molecule has 2 aromatic rings. The van der Waals surface area contributed by atoms with Crippen LogP contribution in [-0.4, -0.2) is 30.0 Å². The molecule has 4 nitrogen and oxygen atoms in total. The molecule has 0 spiro atoms. The van der Waals surface area contributed by atoms with Crippen molar-refractivity contribution < 1.29 is 9.53 Å². The highest BCUT2D eigenvalue weighted by Crippen LogP contribution is 2.23. The molecule has 1 amide bonds. The summed E-state index contributed by atoms with van der Waals surface area (Å²) in [6.45, 7) is 2.21. The third-order valence-electron chi connectivity index (χ3n) is 4.28. The molecular weight excluding hydrogens is 288 g/mol. The first-order valence-electron chi connectivity index (χ1n) is 8.02. The number of amides is 1. The van der Waals surface area contributed by atoms with Gasteiger partial charge in [0.15, 0.2) is 0 Å². The maximum atomic E-state index is 11.8. The minimum absolute atomic E-state index is 0.221. The fraction of sp³-hybridized carbons (Fsp3) is 0.316. The first-order valence-corrected chi connectivity index (χ1v) is 8.02. The summed E-state index contributed by atoms with van der Waals surface area (Å²) >= 11 is 0. The average Bonchev–Trinajstić information content (AvgIpc) is 2.59. The molecule has 0 aromatic heterocycles. The van der Waals surface area contributed by atoms with E-state index in [9.17, 15) is 4.79 Å². The van der Waals surface area contributed by atoms with Gasteiger partial charge in [-0.15, -0.1) is 0 Å². The van der Waals surface area contributed by atoms with Crippen molar-refractivity contribution in [2.24, 2.45) is 5.73 Å². The largest absolute Gasteiger partial charge is 0.494 e. The molecule has 0 saturated carbocycles. The number of nitrogens with two attached hydrogens (primary N) is 1. The Labute approximate surface area is 136 Å². The number of primary amides is 1. The Balaban J connectivity index is 1.56. The molecule has 23 heavy (non-hydrogen) atoms. The van der Waals surface area contributed by atoms with E-state index in [1.807, 2.05) is 42.5 Å². The number of para-hydroxylation sites is 1. The van der Waals surface area contributed by atoms with E-state index in [0.717, 1.165) is 25.3 Å². The molecule has 3 rings (SSSR count). The lowest BCUT2D eigenvalue weighted by molar-refractivity contribution is -0.123. The number of benzene rings is 2. The van der Waals surface area contributed by atoms with Crippen LogP contribution in [-0.2, 0) is 17.8 Å². The molecule has 1 atom stereocenters. The van der Waals surface area contributed by atoms with Crippen molar-refractivity contribution in [2.45, 2.75) is 25.4 Å². The molecular formula is C19H22N2O2. The first-order chi connectivity index (χ1) is 11.2. The topological polar surface area (TPSA) is 55.6 Å². The van der Waals surface area contributed by atoms with Crippen LogP contribution in [0, 0.1) is 0 Å². The number of hydrogen-bond acceptors (Lipinski definition) is 3. The molecule has 0 fully saturated rings. The van der Waals surface area contributed by atoms with E-state index in [-0.39, 0.29) is 11.9 Å². The SMILES string of the molecule is NC(=O)C1Cc2ccccc2CN1CCCOc1ccccc1. The summed E-state index contributed by atoms with van der Waals surface area (Å²) in [6.07, 6.45) is 1.56. The van der Waals surface area contributed by atoms with Crippen LogP contribution in [0.25, 0.3) is 0 Å². The minimum Gasteiger partial charge on any atom is -0.494 e. The zero-order valence-corrected chi connectivity index (χ0v) is 13.2. The summed E-state index contributed by atoms with van der Waals surface area (Å²) in [4.78, 5) is 13.9. The van der Waals surface area contributed by atoms with Gasteiger partial charge in [0.25, 0.3) is 0 Å². The van der Waals surface area contributed by atoms with E-state index in [0.29, 0.717) is 13.0 Å². The molecule has 120 valence electrons. The number of ether oxygens (including phenoxy) is 1. The summed E-state index contributed by atoms with van der Waals surface area (Å²) in [5.41, 5.74) is 8.11. The number of rotatable bonds is 6. The molecule has 1 unspecified atom stereocenters. The summed E-state index contributed by atoms with van der Waals surface area (Å²) in [6, 6.07) is 17.8. The number of hydrogen-bond donors (Lipinski definition) is 1. The fourth-order valence-corrected chi connectivity index (χ4v) is 3.07. The molecule has 2 N–H and O–H groups in total. The van der Waals surface area contributed by atoms with Crippen LogP contribution in [0.2, 0.25) is 0 Å². The Kier molecular flexibility index (Phi) is 4.93. The van der Waals surface area contributed by atoms with Crippen molar-refractivity contribution in [1.29, 1.82) is 0 Å². The van der Waals surface area contributed by atoms with E-state index in [2.05, 4.69) is 17.0 Å². The smallest absolute Gasteiger partial charge is 0.235 e. The van der Waals surface area contributed by atoms with Gasteiger partial charge in [-0.2, -0.15) is 0 Å². The lowest BCUT2D eigenvalue weighted by Crippen LogP contribution is -2.49. The molecule has 0 radical (unpaired) electrons. The normalized spacial score (nSPS) is 17.5. The van der Waals surface area contributed by atoms with Crippen LogP contribution in [0.15, 0.2) is 54.6 Å². The molecule has 0 bridgehead atoms. The highest BCUT2D eigenvalue weighted by Gasteiger charge is 2.29. The van der Waals surface area contributed by atoms with Gasteiger partial charge in [0.1, 0.15) is 5.75 Å². The van der Waals surface area contributed by atoms with Crippen molar-refractivity contribution in [3.05, 3.63) is 65.7 Å². The zero-order chi connectivity index (χ0) is 16.1. The van der Waals surface area contributed by atoms with Crippen LogP contribution in [0.4, 0.5) is 0 Å². The molecule has 4 heteroatoms. The second kappa shape index (κ2) is 7.29. The highest BCUT2D eigenvalue weighted by molar-refractivity contribution is 5.80. The van der Waals surface area contributed by atoms with Crippen LogP contribution in [0.5, 0.6) is 5.75 Å². The predicted octanol–water partition coefficient (Wildman–Crippen LogP) is 2.37. The Morgan fingerprint density at radius 2 is 1.78 bits per heavy atom. The van der Waals surface area contributed by atoms with Crippen LogP contribution < -0.4 is 10.5 Å². The maximum absolute atomic E-state index is 11.8. The second-order valence-corrected chi connectivity index (χ2v) is 5.88. The van der Waals surface area contributed by atoms with Crippen LogP contribution in [0.1, 0.15) is 17.5 Å². The summed E-state index contributed by atoms with van der Waals surface area (Å²) in [7, 11) is 0. The third kappa shape index (κ3) is 3.90. The lowest BCUT2D eigenvalue weighted by Gasteiger charge is -2.35. The molecule has 0 saturated heterocycles. The lowest BCUT2D eigenvalue weighted by atomic mass is 9.93. The van der Waals surface area contributed by atoms with E-state index in [1.54, 1.807) is 0 Å². The Morgan fingerprint density at radius 3 is 2.52 bits per heavy atom. The van der Waals surface area contributed by atoms with Crippen molar-refractivity contribution in [2.75, 3.05) is 13.2 Å². The average molecular weight is 310 g/mol. The molecule has 0 aliphatic carbocycles. The number of fused-ring (bicyclic) bond motifs is 1. The minimum atomic E-state index is -0.247. The summed E-state index contributed by atoms with van der Waals surface area (Å²) in [5.74, 6) is 0.631.